The molecule has 0 spiro atoms. The molecule has 2 heterocycles. The second-order valence-corrected chi connectivity index (χ2v) is 6.32. The molecule has 0 unspecified atom stereocenters. The Morgan fingerprint density at radius 1 is 1.28 bits per heavy atom. The van der Waals surface area contributed by atoms with Gasteiger partial charge in [0, 0.05) is 25.2 Å². The van der Waals surface area contributed by atoms with E-state index in [0.29, 0.717) is 18.0 Å². The Morgan fingerprint density at radius 3 is 2.72 bits per heavy atom. The second-order valence-electron chi connectivity index (χ2n) is 6.32. The van der Waals surface area contributed by atoms with E-state index in [4.69, 9.17) is 4.52 Å². The van der Waals surface area contributed by atoms with Gasteiger partial charge in [-0.05, 0) is 51.3 Å². The molecule has 25 heavy (non-hydrogen) atoms. The minimum atomic E-state index is -0.385. The molecule has 7 heteroatoms. The Kier molecular flexibility index (Phi) is 5.21. The van der Waals surface area contributed by atoms with Crippen molar-refractivity contribution in [2.45, 2.75) is 39.7 Å². The first-order chi connectivity index (χ1) is 12.0. The van der Waals surface area contributed by atoms with Gasteiger partial charge in [-0.15, -0.1) is 0 Å². The molecular weight excluding hydrogens is 323 g/mol. The molecule has 1 aromatic heterocycles. The maximum absolute atomic E-state index is 13.7. The van der Waals surface area contributed by atoms with Crippen molar-refractivity contribution >= 4 is 17.4 Å². The summed E-state index contributed by atoms with van der Waals surface area (Å²) in [6, 6.07) is 4.13. The largest absolute Gasteiger partial charge is 0.370 e. The summed E-state index contributed by atoms with van der Waals surface area (Å²) in [7, 11) is 0. The van der Waals surface area contributed by atoms with Crippen molar-refractivity contribution < 1.29 is 13.7 Å². The summed E-state index contributed by atoms with van der Waals surface area (Å²) < 4.78 is 18.8. The third kappa shape index (κ3) is 4.10. The number of benzene rings is 1. The van der Waals surface area contributed by atoms with Crippen LogP contribution in [0.3, 0.4) is 0 Å². The molecule has 0 radical (unpaired) electrons. The highest BCUT2D eigenvalue weighted by Gasteiger charge is 2.17. The fraction of sp³-hybridized carbons (Fsp3) is 0.444. The van der Waals surface area contributed by atoms with Gasteiger partial charge in [0.1, 0.15) is 11.6 Å². The number of nitrogens with one attached hydrogen (secondary N) is 2. The molecule has 1 aliphatic heterocycles. The molecule has 2 amide bonds. The Bertz CT molecular complexity index is 734. The molecule has 0 atom stereocenters. The van der Waals surface area contributed by atoms with Crippen LogP contribution in [-0.4, -0.2) is 24.3 Å². The number of halogens is 1. The topological polar surface area (TPSA) is 70.4 Å². The number of aromatic nitrogens is 1. The van der Waals surface area contributed by atoms with Crippen molar-refractivity contribution in [2.75, 3.05) is 23.3 Å². The van der Waals surface area contributed by atoms with Gasteiger partial charge in [0.05, 0.1) is 17.1 Å². The van der Waals surface area contributed by atoms with E-state index >= 15 is 0 Å². The molecular formula is C18H23FN4O2. The molecule has 0 saturated carbocycles. The minimum Gasteiger partial charge on any atom is -0.370 e. The van der Waals surface area contributed by atoms with Gasteiger partial charge in [-0.1, -0.05) is 5.16 Å². The number of hydrogen-bond donors (Lipinski definition) is 2. The number of piperidine rings is 1. The lowest BCUT2D eigenvalue weighted by atomic mass is 10.1. The van der Waals surface area contributed by atoms with Crippen molar-refractivity contribution in [3.63, 3.8) is 0 Å². The van der Waals surface area contributed by atoms with Crippen LogP contribution >= 0.6 is 0 Å². The van der Waals surface area contributed by atoms with E-state index in [1.165, 1.54) is 18.6 Å². The maximum Gasteiger partial charge on any atom is 0.319 e. The van der Waals surface area contributed by atoms with Crippen molar-refractivity contribution in [2.24, 2.45) is 0 Å². The van der Waals surface area contributed by atoms with E-state index < -0.39 is 0 Å². The summed E-state index contributed by atoms with van der Waals surface area (Å²) in [6.45, 7) is 5.77. The zero-order valence-electron chi connectivity index (χ0n) is 14.6. The van der Waals surface area contributed by atoms with E-state index in [1.54, 1.807) is 13.0 Å². The molecule has 0 bridgehead atoms. The molecule has 134 valence electrons. The van der Waals surface area contributed by atoms with E-state index in [0.717, 1.165) is 42.9 Å². The number of amides is 2. The van der Waals surface area contributed by atoms with E-state index in [1.807, 2.05) is 6.92 Å². The fourth-order valence-corrected chi connectivity index (χ4v) is 3.11. The summed E-state index contributed by atoms with van der Waals surface area (Å²) in [5, 5.41) is 9.40. The Labute approximate surface area is 146 Å². The third-order valence-corrected chi connectivity index (χ3v) is 4.51. The van der Waals surface area contributed by atoms with Gasteiger partial charge in [-0.3, -0.25) is 0 Å². The lowest BCUT2D eigenvalue weighted by Gasteiger charge is -2.30. The predicted octanol–water partition coefficient (Wildman–Crippen LogP) is 3.74. The number of carbonyl (C=O) groups excluding carboxylic acids is 1. The fourth-order valence-electron chi connectivity index (χ4n) is 3.11. The number of urea groups is 1. The van der Waals surface area contributed by atoms with Gasteiger partial charge in [0.2, 0.25) is 0 Å². The van der Waals surface area contributed by atoms with Crippen LogP contribution in [0.1, 0.15) is 36.3 Å². The number of hydrogen-bond acceptors (Lipinski definition) is 4. The van der Waals surface area contributed by atoms with Gasteiger partial charge >= 0.3 is 6.03 Å². The zero-order chi connectivity index (χ0) is 17.8. The van der Waals surface area contributed by atoms with Gasteiger partial charge in [-0.2, -0.15) is 0 Å². The highest BCUT2D eigenvalue weighted by atomic mass is 19.1. The zero-order valence-corrected chi connectivity index (χ0v) is 14.6. The van der Waals surface area contributed by atoms with Crippen LogP contribution in [0, 0.1) is 19.7 Å². The molecule has 1 fully saturated rings. The minimum absolute atomic E-state index is 0.307. The number of carbonyl (C=O) groups is 1. The van der Waals surface area contributed by atoms with Gasteiger partial charge < -0.3 is 20.1 Å². The molecule has 2 N–H and O–H groups in total. The molecule has 1 aliphatic rings. The number of nitrogens with zero attached hydrogens (tertiary/aromatic N) is 2. The van der Waals surface area contributed by atoms with Gasteiger partial charge in [0.15, 0.2) is 0 Å². The predicted molar refractivity (Wildman–Crippen MR) is 94.3 cm³/mol. The lowest BCUT2D eigenvalue weighted by molar-refractivity contribution is 0.251. The quantitative estimate of drug-likeness (QED) is 0.885. The number of anilines is 2. The summed E-state index contributed by atoms with van der Waals surface area (Å²) in [6.07, 6.45) is 3.42. The highest BCUT2D eigenvalue weighted by molar-refractivity contribution is 5.93. The van der Waals surface area contributed by atoms with Crippen LogP contribution in [0.5, 0.6) is 0 Å². The van der Waals surface area contributed by atoms with Crippen LogP contribution in [0.4, 0.5) is 20.6 Å². The van der Waals surface area contributed by atoms with Gasteiger partial charge in [-0.25, -0.2) is 9.18 Å². The normalized spacial score (nSPS) is 14.4. The van der Waals surface area contributed by atoms with Crippen LogP contribution in [0.25, 0.3) is 0 Å². The smallest absolute Gasteiger partial charge is 0.319 e. The van der Waals surface area contributed by atoms with Crippen LogP contribution in [0.15, 0.2) is 22.7 Å². The van der Waals surface area contributed by atoms with Crippen molar-refractivity contribution in [3.8, 4) is 0 Å². The molecule has 1 aromatic carbocycles. The SMILES string of the molecule is Cc1noc(C)c1CNC(=O)Nc1cc(F)ccc1N1CCCCC1. The van der Waals surface area contributed by atoms with E-state index in [-0.39, 0.29) is 11.8 Å². The Hall–Kier alpha value is -2.57. The highest BCUT2D eigenvalue weighted by Crippen LogP contribution is 2.29. The van der Waals surface area contributed by atoms with Crippen molar-refractivity contribution in [3.05, 3.63) is 41.0 Å². The number of rotatable bonds is 4. The summed E-state index contributed by atoms with van der Waals surface area (Å²) in [5.41, 5.74) is 2.94. The monoisotopic (exact) mass is 346 g/mol. The van der Waals surface area contributed by atoms with Gasteiger partial charge in [0.25, 0.3) is 0 Å². The Morgan fingerprint density at radius 2 is 2.04 bits per heavy atom. The number of aryl methyl sites for hydroxylation is 2. The average molecular weight is 346 g/mol. The first-order valence-corrected chi connectivity index (χ1v) is 8.55. The Balaban J connectivity index is 1.68. The second kappa shape index (κ2) is 7.55. The maximum atomic E-state index is 13.7. The molecule has 1 saturated heterocycles. The molecule has 2 aromatic rings. The van der Waals surface area contributed by atoms with Crippen molar-refractivity contribution in [1.82, 2.24) is 10.5 Å². The standard InChI is InChI=1S/C18H23FN4O2/c1-12-15(13(2)25-22-12)11-20-18(24)21-16-10-14(19)6-7-17(16)23-8-4-3-5-9-23/h6-7,10H,3-5,8-9,11H2,1-2H3,(H2,20,21,24). The first kappa shape index (κ1) is 17.3. The lowest BCUT2D eigenvalue weighted by Crippen LogP contribution is -2.32. The molecule has 0 aliphatic carbocycles. The van der Waals surface area contributed by atoms with Crippen LogP contribution < -0.4 is 15.5 Å². The summed E-state index contributed by atoms with van der Waals surface area (Å²) >= 11 is 0. The average Bonchev–Trinajstić information content (AvgIpc) is 2.92. The van der Waals surface area contributed by atoms with E-state index in [9.17, 15) is 9.18 Å². The van der Waals surface area contributed by atoms with E-state index in [2.05, 4.69) is 20.7 Å². The molecule has 3 rings (SSSR count). The van der Waals surface area contributed by atoms with Crippen molar-refractivity contribution in [1.29, 1.82) is 0 Å². The summed E-state index contributed by atoms with van der Waals surface area (Å²) in [5.74, 6) is 0.305. The molecule has 6 nitrogen and oxygen atoms in total. The van der Waals surface area contributed by atoms with Crippen LogP contribution in [0.2, 0.25) is 0 Å². The summed E-state index contributed by atoms with van der Waals surface area (Å²) in [4.78, 5) is 14.4. The van der Waals surface area contributed by atoms with Crippen LogP contribution in [-0.2, 0) is 6.54 Å². The third-order valence-electron chi connectivity index (χ3n) is 4.51. The first-order valence-electron chi connectivity index (χ1n) is 8.55.